The van der Waals surface area contributed by atoms with Crippen LogP contribution in [0.3, 0.4) is 0 Å². The van der Waals surface area contributed by atoms with E-state index in [0.29, 0.717) is 17.9 Å². The summed E-state index contributed by atoms with van der Waals surface area (Å²) in [4.78, 5) is 29.7. The summed E-state index contributed by atoms with van der Waals surface area (Å²) < 4.78 is 43.5. The van der Waals surface area contributed by atoms with Crippen molar-refractivity contribution in [3.63, 3.8) is 0 Å². The molecule has 2 aliphatic rings. The van der Waals surface area contributed by atoms with Gasteiger partial charge >= 0.3 is 6.18 Å². The third-order valence-corrected chi connectivity index (χ3v) is 5.21. The van der Waals surface area contributed by atoms with E-state index >= 15 is 0 Å². The monoisotopic (exact) mass is 390 g/mol. The molecule has 0 aromatic heterocycles. The molecule has 3 rings (SSSR count). The molecule has 2 aliphatic heterocycles. The molecule has 2 N–H and O–H groups in total. The number of carbonyl (C=O) groups excluding carboxylic acids is 2. The van der Waals surface area contributed by atoms with Gasteiger partial charge in [0, 0.05) is 24.3 Å². The smallest absolute Gasteiger partial charge is 0.350 e. The molecule has 142 valence electrons. The number of hydrogen-bond acceptors (Lipinski definition) is 5. The van der Waals surface area contributed by atoms with Crippen LogP contribution >= 0.6 is 11.8 Å². The van der Waals surface area contributed by atoms with E-state index < -0.39 is 35.1 Å². The van der Waals surface area contributed by atoms with Crippen LogP contribution in [-0.4, -0.2) is 30.0 Å². The zero-order valence-electron chi connectivity index (χ0n) is 13.6. The lowest BCUT2D eigenvalue weighted by Crippen LogP contribution is -2.37. The first-order valence-corrected chi connectivity index (χ1v) is 8.96. The van der Waals surface area contributed by atoms with Gasteiger partial charge in [-0.25, -0.2) is 10.3 Å². The van der Waals surface area contributed by atoms with Crippen LogP contribution in [-0.2, 0) is 25.3 Å². The molecule has 0 bridgehead atoms. The highest BCUT2D eigenvalue weighted by Crippen LogP contribution is 2.40. The van der Waals surface area contributed by atoms with E-state index in [0.717, 1.165) is 36.7 Å². The van der Waals surface area contributed by atoms with Crippen molar-refractivity contribution < 1.29 is 32.3 Å². The molecule has 0 aliphatic carbocycles. The number of rotatable bonds is 4. The molecule has 0 saturated carbocycles. The Balaban J connectivity index is 1.57. The minimum Gasteiger partial charge on any atom is -0.350 e. The highest BCUT2D eigenvalue weighted by molar-refractivity contribution is 8.01. The van der Waals surface area contributed by atoms with Crippen LogP contribution in [0.25, 0.3) is 0 Å². The predicted octanol–water partition coefficient (Wildman–Crippen LogP) is 3.08. The van der Waals surface area contributed by atoms with Crippen molar-refractivity contribution in [1.82, 2.24) is 5.48 Å². The van der Waals surface area contributed by atoms with Gasteiger partial charge in [-0.1, -0.05) is 0 Å². The number of hydrogen-bond donors (Lipinski definition) is 2. The molecular formula is C16H17F3N2O4S. The van der Waals surface area contributed by atoms with Crippen LogP contribution in [0.5, 0.6) is 0 Å². The Morgan fingerprint density at radius 3 is 2.88 bits per heavy atom. The van der Waals surface area contributed by atoms with E-state index in [9.17, 15) is 22.8 Å². The van der Waals surface area contributed by atoms with Gasteiger partial charge in [0.05, 0.1) is 16.5 Å². The van der Waals surface area contributed by atoms with E-state index in [4.69, 9.17) is 9.57 Å². The van der Waals surface area contributed by atoms with Gasteiger partial charge in [-0.05, 0) is 31.0 Å². The van der Waals surface area contributed by atoms with Gasteiger partial charge in [-0.15, -0.1) is 11.8 Å². The zero-order chi connectivity index (χ0) is 18.7. The summed E-state index contributed by atoms with van der Waals surface area (Å²) in [5, 5.41) is 1.67. The maximum atomic E-state index is 12.7. The van der Waals surface area contributed by atoms with Gasteiger partial charge in [0.1, 0.15) is 0 Å². The van der Waals surface area contributed by atoms with E-state index in [1.165, 1.54) is 6.07 Å². The minimum absolute atomic E-state index is 0.0957. The van der Waals surface area contributed by atoms with Crippen molar-refractivity contribution in [2.75, 3.05) is 11.9 Å². The number of thioether (sulfide) groups is 1. The molecule has 26 heavy (non-hydrogen) atoms. The summed E-state index contributed by atoms with van der Waals surface area (Å²) in [6.07, 6.45) is -2.58. The standard InChI is InChI=1S/C16H17F3N2O4S/c17-16(18,19)9-4-5-11-10(7-9)20-15(23)12(26-11)8-13(22)21-25-14-3-1-2-6-24-14/h4-5,7,12,14H,1-3,6,8H2,(H,20,23)(H,21,22). The number of carbonyl (C=O) groups is 2. The van der Waals surface area contributed by atoms with Crippen LogP contribution in [0.15, 0.2) is 23.1 Å². The lowest BCUT2D eigenvalue weighted by Gasteiger charge is -2.25. The lowest BCUT2D eigenvalue weighted by atomic mass is 10.1. The van der Waals surface area contributed by atoms with E-state index in [-0.39, 0.29) is 12.1 Å². The van der Waals surface area contributed by atoms with Crippen LogP contribution < -0.4 is 10.8 Å². The maximum Gasteiger partial charge on any atom is 0.416 e. The van der Waals surface area contributed by atoms with Crippen molar-refractivity contribution in [3.8, 4) is 0 Å². The van der Waals surface area contributed by atoms with Crippen LogP contribution in [0, 0.1) is 0 Å². The Bertz CT molecular complexity index is 693. The highest BCUT2D eigenvalue weighted by Gasteiger charge is 2.34. The Kier molecular flexibility index (Phi) is 5.73. The topological polar surface area (TPSA) is 76.7 Å². The second-order valence-electron chi connectivity index (χ2n) is 5.95. The fraction of sp³-hybridized carbons (Fsp3) is 0.500. The number of alkyl halides is 3. The van der Waals surface area contributed by atoms with Crippen molar-refractivity contribution >= 4 is 29.3 Å². The zero-order valence-corrected chi connectivity index (χ0v) is 14.4. The van der Waals surface area contributed by atoms with Gasteiger partial charge in [-0.3, -0.25) is 9.59 Å². The molecule has 10 heteroatoms. The number of hydroxylamine groups is 1. The maximum absolute atomic E-state index is 12.7. The lowest BCUT2D eigenvalue weighted by molar-refractivity contribution is -0.200. The average molecular weight is 390 g/mol. The largest absolute Gasteiger partial charge is 0.416 e. The number of amides is 2. The fourth-order valence-electron chi connectivity index (χ4n) is 2.61. The number of anilines is 1. The van der Waals surface area contributed by atoms with Crippen molar-refractivity contribution in [1.29, 1.82) is 0 Å². The quantitative estimate of drug-likeness (QED) is 0.773. The van der Waals surface area contributed by atoms with Gasteiger partial charge in [0.25, 0.3) is 0 Å². The first kappa shape index (κ1) is 19.0. The molecule has 1 aromatic rings. The molecule has 1 aromatic carbocycles. The van der Waals surface area contributed by atoms with Crippen molar-refractivity contribution in [3.05, 3.63) is 23.8 Å². The average Bonchev–Trinajstić information content (AvgIpc) is 2.60. The summed E-state index contributed by atoms with van der Waals surface area (Å²) in [6.45, 7) is 0.568. The molecule has 6 nitrogen and oxygen atoms in total. The molecule has 1 fully saturated rings. The van der Waals surface area contributed by atoms with E-state index in [2.05, 4.69) is 10.8 Å². The predicted molar refractivity (Wildman–Crippen MR) is 87.2 cm³/mol. The number of benzene rings is 1. The second-order valence-corrected chi connectivity index (χ2v) is 7.19. The molecular weight excluding hydrogens is 373 g/mol. The molecule has 0 spiro atoms. The number of fused-ring (bicyclic) bond motifs is 1. The Labute approximate surface area is 151 Å². The summed E-state index contributed by atoms with van der Waals surface area (Å²) >= 11 is 1.05. The number of ether oxygens (including phenoxy) is 1. The molecule has 2 heterocycles. The van der Waals surface area contributed by atoms with Crippen molar-refractivity contribution in [2.24, 2.45) is 0 Å². The van der Waals surface area contributed by atoms with Crippen LogP contribution in [0.4, 0.5) is 18.9 Å². The molecule has 2 atom stereocenters. The highest BCUT2D eigenvalue weighted by atomic mass is 32.2. The summed E-state index contributed by atoms with van der Waals surface area (Å²) in [7, 11) is 0. The molecule has 1 saturated heterocycles. The van der Waals surface area contributed by atoms with Gasteiger partial charge in [0.2, 0.25) is 11.8 Å². The van der Waals surface area contributed by atoms with Crippen LogP contribution in [0.1, 0.15) is 31.2 Å². The van der Waals surface area contributed by atoms with Gasteiger partial charge in [-0.2, -0.15) is 13.2 Å². The molecule has 2 amide bonds. The first-order chi connectivity index (χ1) is 12.3. The summed E-state index contributed by atoms with van der Waals surface area (Å²) in [5.41, 5.74) is 1.52. The summed E-state index contributed by atoms with van der Waals surface area (Å²) in [5.74, 6) is -1.02. The van der Waals surface area contributed by atoms with Crippen LogP contribution in [0.2, 0.25) is 0 Å². The third-order valence-electron chi connectivity index (χ3n) is 3.94. The third kappa shape index (κ3) is 4.68. The molecule has 2 unspecified atom stereocenters. The fourth-order valence-corrected chi connectivity index (χ4v) is 3.70. The van der Waals surface area contributed by atoms with E-state index in [1.807, 2.05) is 0 Å². The number of nitrogens with one attached hydrogen (secondary N) is 2. The Hall–Kier alpha value is -1.78. The second kappa shape index (κ2) is 7.85. The molecule has 0 radical (unpaired) electrons. The van der Waals surface area contributed by atoms with E-state index in [1.54, 1.807) is 0 Å². The summed E-state index contributed by atoms with van der Waals surface area (Å²) in [6, 6.07) is 3.13. The van der Waals surface area contributed by atoms with Crippen molar-refractivity contribution in [2.45, 2.75) is 48.3 Å². The Morgan fingerprint density at radius 2 is 2.19 bits per heavy atom. The first-order valence-electron chi connectivity index (χ1n) is 8.08. The normalized spacial score (nSPS) is 23.1. The number of halogens is 3. The Morgan fingerprint density at radius 1 is 1.38 bits per heavy atom. The van der Waals surface area contributed by atoms with Gasteiger partial charge in [0.15, 0.2) is 6.29 Å². The minimum atomic E-state index is -4.49. The van der Waals surface area contributed by atoms with Gasteiger partial charge < -0.3 is 10.1 Å². The SMILES string of the molecule is O=C(CC1Sc2ccc(C(F)(F)F)cc2NC1=O)NOC1CCCCO1.